The highest BCUT2D eigenvalue weighted by Gasteiger charge is 2.33. The maximum atomic E-state index is 11.0. The van der Waals surface area contributed by atoms with Crippen molar-refractivity contribution in [3.05, 3.63) is 0 Å². The molecule has 0 radical (unpaired) electrons. The van der Waals surface area contributed by atoms with Gasteiger partial charge >= 0.3 is 5.97 Å². The van der Waals surface area contributed by atoms with Gasteiger partial charge in [-0.1, -0.05) is 0 Å². The first-order valence-corrected chi connectivity index (χ1v) is 5.05. The highest BCUT2D eigenvalue weighted by atomic mass is 16.4. The van der Waals surface area contributed by atoms with Gasteiger partial charge in [0.2, 0.25) is 0 Å². The first-order chi connectivity index (χ1) is 6.97. The minimum Gasteiger partial charge on any atom is -0.481 e. The van der Waals surface area contributed by atoms with E-state index in [-0.39, 0.29) is 6.04 Å². The third-order valence-corrected chi connectivity index (χ3v) is 2.68. The van der Waals surface area contributed by atoms with Gasteiger partial charge in [0.25, 0.3) is 0 Å². The molecular formula is C10H17N3O2. The molecule has 0 bridgehead atoms. The van der Waals surface area contributed by atoms with Crippen molar-refractivity contribution in [3.63, 3.8) is 0 Å². The average Bonchev–Trinajstić information content (AvgIpc) is 2.18. The van der Waals surface area contributed by atoms with Crippen LogP contribution in [0.3, 0.4) is 0 Å². The summed E-state index contributed by atoms with van der Waals surface area (Å²) in [7, 11) is 0. The number of hydrogen-bond acceptors (Lipinski definition) is 4. The van der Waals surface area contributed by atoms with Crippen molar-refractivity contribution in [1.82, 2.24) is 10.2 Å². The molecule has 0 amide bonds. The SMILES string of the molecule is CC(C)(CN1CCNCC1C#N)C(=O)O. The van der Waals surface area contributed by atoms with E-state index in [0.717, 1.165) is 13.1 Å². The van der Waals surface area contributed by atoms with Crippen LogP contribution in [0.2, 0.25) is 0 Å². The summed E-state index contributed by atoms with van der Waals surface area (Å²) in [5.41, 5.74) is -0.799. The third kappa shape index (κ3) is 2.91. The Balaban J connectivity index is 2.63. The van der Waals surface area contributed by atoms with Crippen LogP contribution < -0.4 is 5.32 Å². The molecule has 1 unspecified atom stereocenters. The normalized spacial score (nSPS) is 23.4. The molecule has 1 rings (SSSR count). The lowest BCUT2D eigenvalue weighted by Gasteiger charge is -2.36. The maximum absolute atomic E-state index is 11.0. The Hall–Kier alpha value is -1.12. The summed E-state index contributed by atoms with van der Waals surface area (Å²) in [6, 6.07) is 1.98. The van der Waals surface area contributed by atoms with Crippen molar-refractivity contribution in [2.45, 2.75) is 19.9 Å². The average molecular weight is 211 g/mol. The number of aliphatic carboxylic acids is 1. The van der Waals surface area contributed by atoms with Gasteiger partial charge in [-0.25, -0.2) is 0 Å². The Kier molecular flexibility index (Phi) is 3.66. The Morgan fingerprint density at radius 1 is 1.73 bits per heavy atom. The van der Waals surface area contributed by atoms with E-state index >= 15 is 0 Å². The molecule has 0 aromatic carbocycles. The highest BCUT2D eigenvalue weighted by molar-refractivity contribution is 5.73. The van der Waals surface area contributed by atoms with Crippen LogP contribution in [-0.2, 0) is 4.79 Å². The Bertz CT molecular complexity index is 283. The van der Waals surface area contributed by atoms with Crippen molar-refractivity contribution >= 4 is 5.97 Å². The van der Waals surface area contributed by atoms with Crippen LogP contribution in [-0.4, -0.2) is 48.2 Å². The first kappa shape index (κ1) is 12.0. The number of carboxylic acid groups (broad SMARTS) is 1. The van der Waals surface area contributed by atoms with E-state index in [1.807, 2.05) is 4.90 Å². The number of carboxylic acids is 1. The van der Waals surface area contributed by atoms with Crippen LogP contribution in [0.25, 0.3) is 0 Å². The van der Waals surface area contributed by atoms with Crippen molar-refractivity contribution in [1.29, 1.82) is 5.26 Å². The molecule has 1 heterocycles. The van der Waals surface area contributed by atoms with Crippen LogP contribution in [0, 0.1) is 16.7 Å². The molecule has 5 nitrogen and oxygen atoms in total. The maximum Gasteiger partial charge on any atom is 0.310 e. The fourth-order valence-corrected chi connectivity index (χ4v) is 1.64. The monoisotopic (exact) mass is 211 g/mol. The second-order valence-electron chi connectivity index (χ2n) is 4.51. The zero-order valence-corrected chi connectivity index (χ0v) is 9.16. The molecule has 0 saturated carbocycles. The Morgan fingerprint density at radius 2 is 2.40 bits per heavy atom. The summed E-state index contributed by atoms with van der Waals surface area (Å²) in [5, 5.41) is 21.0. The molecule has 15 heavy (non-hydrogen) atoms. The standard InChI is InChI=1S/C10H17N3O2/c1-10(2,9(14)15)7-13-4-3-12-6-8(13)5-11/h8,12H,3-4,6-7H2,1-2H3,(H,14,15). The summed E-state index contributed by atoms with van der Waals surface area (Å²) >= 11 is 0. The number of carbonyl (C=O) groups is 1. The fraction of sp³-hybridized carbons (Fsp3) is 0.800. The molecule has 1 aliphatic rings. The summed E-state index contributed by atoms with van der Waals surface area (Å²) in [4.78, 5) is 12.9. The number of nitrogens with one attached hydrogen (secondary N) is 1. The van der Waals surface area contributed by atoms with Crippen LogP contribution in [0.4, 0.5) is 0 Å². The van der Waals surface area contributed by atoms with Gasteiger partial charge in [-0.15, -0.1) is 0 Å². The number of nitrogens with zero attached hydrogens (tertiary/aromatic N) is 2. The molecule has 1 saturated heterocycles. The van der Waals surface area contributed by atoms with Gasteiger partial charge in [0.15, 0.2) is 0 Å². The lowest BCUT2D eigenvalue weighted by atomic mass is 9.92. The summed E-state index contributed by atoms with van der Waals surface area (Å²) in [6.07, 6.45) is 0. The minimum absolute atomic E-state index is 0.211. The number of rotatable bonds is 3. The molecule has 1 fully saturated rings. The Morgan fingerprint density at radius 3 is 2.93 bits per heavy atom. The molecule has 5 heteroatoms. The molecule has 0 aromatic rings. The molecule has 0 aromatic heterocycles. The van der Waals surface area contributed by atoms with Gasteiger partial charge in [0, 0.05) is 26.2 Å². The molecule has 84 valence electrons. The van der Waals surface area contributed by atoms with Crippen molar-refractivity contribution < 1.29 is 9.90 Å². The van der Waals surface area contributed by atoms with Crippen molar-refractivity contribution in [2.24, 2.45) is 5.41 Å². The number of piperazine rings is 1. The zero-order chi connectivity index (χ0) is 11.5. The zero-order valence-electron chi connectivity index (χ0n) is 9.16. The lowest BCUT2D eigenvalue weighted by Crippen LogP contribution is -2.54. The van der Waals surface area contributed by atoms with Gasteiger partial charge in [-0.2, -0.15) is 5.26 Å². The van der Waals surface area contributed by atoms with Crippen LogP contribution >= 0.6 is 0 Å². The van der Waals surface area contributed by atoms with Crippen molar-refractivity contribution in [3.8, 4) is 6.07 Å². The quantitative estimate of drug-likeness (QED) is 0.681. The van der Waals surface area contributed by atoms with E-state index in [0.29, 0.717) is 13.1 Å². The van der Waals surface area contributed by atoms with Gasteiger partial charge < -0.3 is 10.4 Å². The molecule has 0 spiro atoms. The molecular weight excluding hydrogens is 194 g/mol. The summed E-state index contributed by atoms with van der Waals surface area (Å²) in [5.74, 6) is -0.822. The molecule has 0 aliphatic carbocycles. The second-order valence-corrected chi connectivity index (χ2v) is 4.51. The largest absolute Gasteiger partial charge is 0.481 e. The third-order valence-electron chi connectivity index (χ3n) is 2.68. The predicted molar refractivity (Wildman–Crippen MR) is 55.3 cm³/mol. The summed E-state index contributed by atoms with van der Waals surface area (Å²) < 4.78 is 0. The van der Waals surface area contributed by atoms with Gasteiger partial charge in [0.05, 0.1) is 11.5 Å². The van der Waals surface area contributed by atoms with Crippen LogP contribution in [0.5, 0.6) is 0 Å². The van der Waals surface area contributed by atoms with Gasteiger partial charge in [0.1, 0.15) is 6.04 Å². The fourth-order valence-electron chi connectivity index (χ4n) is 1.64. The molecule has 1 atom stereocenters. The van der Waals surface area contributed by atoms with Gasteiger partial charge in [-0.3, -0.25) is 9.69 Å². The second kappa shape index (κ2) is 4.60. The van der Waals surface area contributed by atoms with Gasteiger partial charge in [-0.05, 0) is 13.8 Å². The Labute approximate surface area is 89.7 Å². The minimum atomic E-state index is -0.822. The summed E-state index contributed by atoms with van der Waals surface area (Å²) in [6.45, 7) is 5.95. The highest BCUT2D eigenvalue weighted by Crippen LogP contribution is 2.19. The van der Waals surface area contributed by atoms with E-state index in [9.17, 15) is 4.79 Å². The first-order valence-electron chi connectivity index (χ1n) is 5.05. The number of hydrogen-bond donors (Lipinski definition) is 2. The topological polar surface area (TPSA) is 76.4 Å². The predicted octanol–water partition coefficient (Wildman–Crippen LogP) is -0.105. The van der Waals surface area contributed by atoms with E-state index < -0.39 is 11.4 Å². The van der Waals surface area contributed by atoms with E-state index in [2.05, 4.69) is 11.4 Å². The molecule has 1 aliphatic heterocycles. The molecule has 2 N–H and O–H groups in total. The van der Waals surface area contributed by atoms with Crippen LogP contribution in [0.15, 0.2) is 0 Å². The van der Waals surface area contributed by atoms with E-state index in [1.54, 1.807) is 13.8 Å². The smallest absolute Gasteiger partial charge is 0.310 e. The van der Waals surface area contributed by atoms with Crippen molar-refractivity contribution in [2.75, 3.05) is 26.2 Å². The van der Waals surface area contributed by atoms with E-state index in [1.165, 1.54) is 0 Å². The van der Waals surface area contributed by atoms with E-state index in [4.69, 9.17) is 10.4 Å². The van der Waals surface area contributed by atoms with Crippen LogP contribution in [0.1, 0.15) is 13.8 Å². The lowest BCUT2D eigenvalue weighted by molar-refractivity contribution is -0.148. The number of nitriles is 1.